The summed E-state index contributed by atoms with van der Waals surface area (Å²) in [6.07, 6.45) is 2.84. The lowest BCUT2D eigenvalue weighted by Gasteiger charge is -2.35. The molecule has 0 aliphatic heterocycles. The molecule has 1 unspecified atom stereocenters. The Labute approximate surface area is 160 Å². The van der Waals surface area contributed by atoms with Gasteiger partial charge in [-0.1, -0.05) is 6.92 Å². The molecule has 0 spiro atoms. The van der Waals surface area contributed by atoms with E-state index in [0.29, 0.717) is 17.4 Å². The van der Waals surface area contributed by atoms with Crippen LogP contribution in [0.2, 0.25) is 0 Å². The van der Waals surface area contributed by atoms with E-state index >= 15 is 0 Å². The van der Waals surface area contributed by atoms with E-state index in [4.69, 9.17) is 4.42 Å². The van der Waals surface area contributed by atoms with E-state index in [-0.39, 0.29) is 11.7 Å². The number of hydrogen-bond donors (Lipinski definition) is 2. The molecule has 1 aliphatic carbocycles. The maximum Gasteiger partial charge on any atom is 0.336 e. The number of sulfonamides is 1. The molecule has 0 radical (unpaired) electrons. The summed E-state index contributed by atoms with van der Waals surface area (Å²) in [5.41, 5.74) is 1.23. The highest BCUT2D eigenvalue weighted by Gasteiger charge is 2.31. The molecule has 148 valence electrons. The molecule has 1 aliphatic rings. The molecule has 3 atom stereocenters. The van der Waals surface area contributed by atoms with Gasteiger partial charge in [-0.3, -0.25) is 0 Å². The van der Waals surface area contributed by atoms with E-state index in [0.717, 1.165) is 36.9 Å². The molecule has 3 rings (SSSR count). The summed E-state index contributed by atoms with van der Waals surface area (Å²) in [6, 6.07) is 8.91. The van der Waals surface area contributed by atoms with Gasteiger partial charge in [0.1, 0.15) is 5.58 Å². The van der Waals surface area contributed by atoms with Gasteiger partial charge >= 0.3 is 5.63 Å². The first kappa shape index (κ1) is 19.9. The molecule has 2 aromatic rings. The highest BCUT2D eigenvalue weighted by molar-refractivity contribution is 7.90. The summed E-state index contributed by atoms with van der Waals surface area (Å²) in [6.45, 7) is 6.38. The largest absolute Gasteiger partial charge is 0.423 e. The summed E-state index contributed by atoms with van der Waals surface area (Å²) >= 11 is 0. The van der Waals surface area contributed by atoms with Gasteiger partial charge < -0.3 is 9.73 Å². The molecule has 0 amide bonds. The highest BCUT2D eigenvalue weighted by Crippen LogP contribution is 2.30. The van der Waals surface area contributed by atoms with E-state index in [1.807, 2.05) is 12.1 Å². The Morgan fingerprint density at radius 3 is 2.67 bits per heavy atom. The van der Waals surface area contributed by atoms with Crippen LogP contribution in [-0.4, -0.2) is 26.3 Å². The Hall–Kier alpha value is -1.86. The average molecular weight is 393 g/mol. The van der Waals surface area contributed by atoms with Crippen molar-refractivity contribution in [2.75, 3.05) is 11.9 Å². The van der Waals surface area contributed by atoms with Crippen LogP contribution in [0, 0.1) is 11.8 Å². The van der Waals surface area contributed by atoms with Gasteiger partial charge in [-0.25, -0.2) is 17.9 Å². The lowest BCUT2D eigenvalue weighted by molar-refractivity contribution is 0.243. The van der Waals surface area contributed by atoms with Crippen LogP contribution in [0.5, 0.6) is 0 Å². The van der Waals surface area contributed by atoms with Gasteiger partial charge in [0, 0.05) is 29.7 Å². The van der Waals surface area contributed by atoms with Crippen molar-refractivity contribution in [1.29, 1.82) is 0 Å². The number of benzene rings is 1. The van der Waals surface area contributed by atoms with Crippen LogP contribution in [0.4, 0.5) is 5.69 Å². The van der Waals surface area contributed by atoms with Crippen LogP contribution >= 0.6 is 0 Å². The zero-order valence-electron chi connectivity index (χ0n) is 16.1. The van der Waals surface area contributed by atoms with E-state index < -0.39 is 15.3 Å². The van der Waals surface area contributed by atoms with Crippen molar-refractivity contribution in [2.24, 2.45) is 11.8 Å². The number of fused-ring (bicyclic) bond motifs is 1. The Kier molecular flexibility index (Phi) is 5.91. The maximum absolute atomic E-state index is 12.1. The molecule has 6 nitrogen and oxygen atoms in total. The molecule has 1 aromatic carbocycles. The van der Waals surface area contributed by atoms with E-state index in [1.165, 1.54) is 6.07 Å². The minimum absolute atomic E-state index is 0.0252. The summed E-state index contributed by atoms with van der Waals surface area (Å²) < 4.78 is 32.3. The molecular weight excluding hydrogens is 364 g/mol. The fraction of sp³-hybridized carbons (Fsp3) is 0.550. The van der Waals surface area contributed by atoms with Crippen LogP contribution in [0.1, 0.15) is 40.0 Å². The molecule has 2 N–H and O–H groups in total. The minimum atomic E-state index is -3.22. The van der Waals surface area contributed by atoms with Crippen LogP contribution in [0.25, 0.3) is 11.0 Å². The van der Waals surface area contributed by atoms with Gasteiger partial charge in [0.25, 0.3) is 0 Å². The summed E-state index contributed by atoms with van der Waals surface area (Å²) in [5.74, 6) is 0.814. The fourth-order valence-corrected chi connectivity index (χ4v) is 4.70. The number of rotatable bonds is 6. The summed E-state index contributed by atoms with van der Waals surface area (Å²) in [4.78, 5) is 11.3. The second-order valence-electron chi connectivity index (χ2n) is 7.86. The third-order valence-corrected chi connectivity index (χ3v) is 7.30. The number of nitrogens with one attached hydrogen (secondary N) is 2. The predicted molar refractivity (Wildman–Crippen MR) is 108 cm³/mol. The molecule has 1 saturated carbocycles. The lowest BCUT2D eigenvalue weighted by Crippen LogP contribution is -2.45. The first-order chi connectivity index (χ1) is 12.7. The normalized spacial score (nSPS) is 23.6. The van der Waals surface area contributed by atoms with Crippen molar-refractivity contribution in [1.82, 2.24) is 4.72 Å². The monoisotopic (exact) mass is 392 g/mol. The first-order valence-electron chi connectivity index (χ1n) is 9.53. The molecule has 27 heavy (non-hydrogen) atoms. The SMILES string of the molecule is CC1C[C@H](CNc2ccc3oc(=O)ccc3c2)CC[C@H]1NS(=O)(=O)C(C)C. The van der Waals surface area contributed by atoms with Crippen molar-refractivity contribution < 1.29 is 12.8 Å². The van der Waals surface area contributed by atoms with Crippen molar-refractivity contribution in [3.05, 3.63) is 40.8 Å². The van der Waals surface area contributed by atoms with Gasteiger partial charge in [0.05, 0.1) is 5.25 Å². The van der Waals surface area contributed by atoms with E-state index in [1.54, 1.807) is 26.0 Å². The average Bonchev–Trinajstić information content (AvgIpc) is 2.61. The molecule has 7 heteroatoms. The second-order valence-corrected chi connectivity index (χ2v) is 10.1. The summed E-state index contributed by atoms with van der Waals surface area (Å²) in [7, 11) is -3.22. The fourth-order valence-electron chi connectivity index (χ4n) is 3.66. The first-order valence-corrected chi connectivity index (χ1v) is 11.1. The zero-order chi connectivity index (χ0) is 19.6. The third kappa shape index (κ3) is 4.90. The van der Waals surface area contributed by atoms with Gasteiger partial charge in [-0.05, 0) is 69.2 Å². The molecule has 1 heterocycles. The quantitative estimate of drug-likeness (QED) is 0.736. The Bertz CT molecular complexity index is 952. The standard InChI is InChI=1S/C20H28N2O4S/c1-13(2)27(24,25)22-18-7-4-15(10-14(18)3)12-21-17-6-8-19-16(11-17)5-9-20(23)26-19/h5-6,8-9,11,13-15,18,21-22H,4,7,10,12H2,1-3H3/t14?,15-,18-/m1/s1. The van der Waals surface area contributed by atoms with Gasteiger partial charge in [0.15, 0.2) is 0 Å². The number of anilines is 1. The second kappa shape index (κ2) is 8.02. The third-order valence-electron chi connectivity index (χ3n) is 5.43. The van der Waals surface area contributed by atoms with Crippen molar-refractivity contribution in [2.45, 2.75) is 51.3 Å². The molecule has 0 bridgehead atoms. The zero-order valence-corrected chi connectivity index (χ0v) is 16.9. The van der Waals surface area contributed by atoms with Crippen LogP contribution in [0.15, 0.2) is 39.5 Å². The minimum Gasteiger partial charge on any atom is -0.423 e. The van der Waals surface area contributed by atoms with Gasteiger partial charge in [0.2, 0.25) is 10.0 Å². The van der Waals surface area contributed by atoms with E-state index in [2.05, 4.69) is 17.0 Å². The van der Waals surface area contributed by atoms with Crippen LogP contribution in [0.3, 0.4) is 0 Å². The Morgan fingerprint density at radius 2 is 1.96 bits per heavy atom. The number of hydrogen-bond acceptors (Lipinski definition) is 5. The van der Waals surface area contributed by atoms with Crippen molar-refractivity contribution in [3.63, 3.8) is 0 Å². The lowest BCUT2D eigenvalue weighted by atomic mass is 9.79. The predicted octanol–water partition coefficient (Wildman–Crippen LogP) is 3.34. The molecular formula is C20H28N2O4S. The Morgan fingerprint density at radius 1 is 1.19 bits per heavy atom. The van der Waals surface area contributed by atoms with Gasteiger partial charge in [-0.2, -0.15) is 0 Å². The topological polar surface area (TPSA) is 88.4 Å². The van der Waals surface area contributed by atoms with E-state index in [9.17, 15) is 13.2 Å². The van der Waals surface area contributed by atoms with Crippen molar-refractivity contribution >= 4 is 26.7 Å². The Balaban J connectivity index is 1.56. The van der Waals surface area contributed by atoms with Crippen molar-refractivity contribution in [3.8, 4) is 0 Å². The maximum atomic E-state index is 12.1. The van der Waals surface area contributed by atoms with Crippen LogP contribution < -0.4 is 15.7 Å². The molecule has 0 saturated heterocycles. The summed E-state index contributed by atoms with van der Waals surface area (Å²) in [5, 5.41) is 3.95. The highest BCUT2D eigenvalue weighted by atomic mass is 32.2. The molecule has 1 aromatic heterocycles. The van der Waals surface area contributed by atoms with Crippen LogP contribution in [-0.2, 0) is 10.0 Å². The van der Waals surface area contributed by atoms with Gasteiger partial charge in [-0.15, -0.1) is 0 Å². The molecule has 1 fully saturated rings. The smallest absolute Gasteiger partial charge is 0.336 e.